The van der Waals surface area contributed by atoms with Crippen molar-refractivity contribution in [2.45, 2.75) is 57.0 Å². The van der Waals surface area contributed by atoms with Crippen LogP contribution in [0.2, 0.25) is 0 Å². The molecule has 0 spiro atoms. The molecule has 0 amide bonds. The molecular formula is C18H24O4. The van der Waals surface area contributed by atoms with E-state index in [4.69, 9.17) is 14.6 Å². The first-order valence-corrected chi connectivity index (χ1v) is 8.24. The summed E-state index contributed by atoms with van der Waals surface area (Å²) in [6, 6.07) is 6.06. The van der Waals surface area contributed by atoms with Gasteiger partial charge in [0.05, 0.1) is 19.1 Å². The summed E-state index contributed by atoms with van der Waals surface area (Å²) in [5, 5.41) is 9.16. The second-order valence-electron chi connectivity index (χ2n) is 6.48. The van der Waals surface area contributed by atoms with Crippen LogP contribution in [0.4, 0.5) is 0 Å². The van der Waals surface area contributed by atoms with E-state index in [-0.39, 0.29) is 5.92 Å². The number of methoxy groups -OCH3 is 1. The fraction of sp³-hybridized carbons (Fsp3) is 0.611. The Morgan fingerprint density at radius 3 is 2.55 bits per heavy atom. The number of carboxylic acids is 1. The predicted molar refractivity (Wildman–Crippen MR) is 83.6 cm³/mol. The van der Waals surface area contributed by atoms with Gasteiger partial charge in [-0.15, -0.1) is 0 Å². The Morgan fingerprint density at radius 2 is 1.91 bits per heavy atom. The van der Waals surface area contributed by atoms with Crippen molar-refractivity contribution < 1.29 is 19.4 Å². The van der Waals surface area contributed by atoms with Gasteiger partial charge in [-0.2, -0.15) is 0 Å². The van der Waals surface area contributed by atoms with Crippen LogP contribution in [0.1, 0.15) is 56.4 Å². The number of benzene rings is 1. The SMILES string of the molecule is COc1ccc(C2CCC(C(=O)O)C2)cc1OC1CCCC1. The van der Waals surface area contributed by atoms with Gasteiger partial charge < -0.3 is 14.6 Å². The number of carboxylic acid groups (broad SMARTS) is 1. The van der Waals surface area contributed by atoms with Gasteiger partial charge in [0.1, 0.15) is 0 Å². The summed E-state index contributed by atoms with van der Waals surface area (Å²) in [5.74, 6) is 1.02. The van der Waals surface area contributed by atoms with E-state index in [0.29, 0.717) is 12.0 Å². The Labute approximate surface area is 131 Å². The summed E-state index contributed by atoms with van der Waals surface area (Å²) in [6.45, 7) is 0. The van der Waals surface area contributed by atoms with Crippen LogP contribution in [0, 0.1) is 5.92 Å². The Kier molecular flexibility index (Phi) is 4.55. The molecule has 2 fully saturated rings. The van der Waals surface area contributed by atoms with Gasteiger partial charge >= 0.3 is 5.97 Å². The van der Waals surface area contributed by atoms with Gasteiger partial charge in [-0.05, 0) is 68.6 Å². The zero-order chi connectivity index (χ0) is 15.5. The van der Waals surface area contributed by atoms with Gasteiger partial charge in [0.15, 0.2) is 11.5 Å². The zero-order valence-electron chi connectivity index (χ0n) is 13.1. The first-order chi connectivity index (χ1) is 10.7. The van der Waals surface area contributed by atoms with Crippen LogP contribution in [0.5, 0.6) is 11.5 Å². The summed E-state index contributed by atoms with van der Waals surface area (Å²) >= 11 is 0. The smallest absolute Gasteiger partial charge is 0.306 e. The quantitative estimate of drug-likeness (QED) is 0.893. The molecule has 1 aromatic carbocycles. The Bertz CT molecular complexity index is 534. The van der Waals surface area contributed by atoms with Crippen molar-refractivity contribution in [3.8, 4) is 11.5 Å². The maximum absolute atomic E-state index is 11.1. The second kappa shape index (κ2) is 6.59. The van der Waals surface area contributed by atoms with Crippen molar-refractivity contribution in [3.63, 3.8) is 0 Å². The predicted octanol–water partition coefficient (Wildman–Crippen LogP) is 3.98. The van der Waals surface area contributed by atoms with E-state index < -0.39 is 5.97 Å². The van der Waals surface area contributed by atoms with E-state index in [0.717, 1.165) is 43.6 Å². The summed E-state index contributed by atoms with van der Waals surface area (Å²) < 4.78 is 11.5. The highest BCUT2D eigenvalue weighted by Gasteiger charge is 2.31. The van der Waals surface area contributed by atoms with Crippen LogP contribution in [0.3, 0.4) is 0 Å². The molecule has 0 saturated heterocycles. The molecule has 0 radical (unpaired) electrons. The van der Waals surface area contributed by atoms with Crippen LogP contribution in [0.15, 0.2) is 18.2 Å². The van der Waals surface area contributed by atoms with E-state index in [1.807, 2.05) is 6.07 Å². The van der Waals surface area contributed by atoms with Crippen molar-refractivity contribution in [1.82, 2.24) is 0 Å². The molecule has 22 heavy (non-hydrogen) atoms. The Morgan fingerprint density at radius 1 is 1.14 bits per heavy atom. The molecule has 3 rings (SSSR count). The standard InChI is InChI=1S/C18H24O4/c1-21-16-9-8-13(12-6-7-14(10-12)18(19)20)11-17(16)22-15-4-2-3-5-15/h8-9,11-12,14-15H,2-7,10H2,1H3,(H,19,20). The van der Waals surface area contributed by atoms with Crippen LogP contribution in [0.25, 0.3) is 0 Å². The number of aliphatic carboxylic acids is 1. The summed E-state index contributed by atoms with van der Waals surface area (Å²) in [7, 11) is 1.66. The Hall–Kier alpha value is -1.71. The minimum absolute atomic E-state index is 0.202. The van der Waals surface area contributed by atoms with E-state index in [9.17, 15) is 4.79 Å². The first-order valence-electron chi connectivity index (χ1n) is 8.24. The number of ether oxygens (including phenoxy) is 2. The highest BCUT2D eigenvalue weighted by atomic mass is 16.5. The molecule has 120 valence electrons. The van der Waals surface area contributed by atoms with Gasteiger partial charge in [-0.3, -0.25) is 4.79 Å². The van der Waals surface area contributed by atoms with Crippen LogP contribution in [-0.2, 0) is 4.79 Å². The average Bonchev–Trinajstić information content (AvgIpc) is 3.18. The van der Waals surface area contributed by atoms with Gasteiger partial charge in [0.25, 0.3) is 0 Å². The van der Waals surface area contributed by atoms with Crippen LogP contribution in [-0.4, -0.2) is 24.3 Å². The molecule has 2 atom stereocenters. The molecule has 0 aromatic heterocycles. The van der Waals surface area contributed by atoms with Crippen molar-refractivity contribution >= 4 is 5.97 Å². The summed E-state index contributed by atoms with van der Waals surface area (Å²) in [6.07, 6.45) is 7.40. The largest absolute Gasteiger partial charge is 0.493 e. The molecule has 0 bridgehead atoms. The monoisotopic (exact) mass is 304 g/mol. The van der Waals surface area contributed by atoms with Gasteiger partial charge in [-0.25, -0.2) is 0 Å². The molecule has 2 saturated carbocycles. The van der Waals surface area contributed by atoms with Crippen molar-refractivity contribution in [2.24, 2.45) is 5.92 Å². The fourth-order valence-corrected chi connectivity index (χ4v) is 3.73. The van der Waals surface area contributed by atoms with Crippen LogP contribution >= 0.6 is 0 Å². The van der Waals surface area contributed by atoms with E-state index in [2.05, 4.69) is 12.1 Å². The fourth-order valence-electron chi connectivity index (χ4n) is 3.73. The zero-order valence-corrected chi connectivity index (χ0v) is 13.1. The van der Waals surface area contributed by atoms with Gasteiger partial charge in [-0.1, -0.05) is 6.07 Å². The third kappa shape index (κ3) is 3.21. The molecular weight excluding hydrogens is 280 g/mol. The van der Waals surface area contributed by atoms with E-state index in [1.54, 1.807) is 7.11 Å². The molecule has 2 aliphatic rings. The summed E-state index contributed by atoms with van der Waals surface area (Å²) in [4.78, 5) is 11.1. The lowest BCUT2D eigenvalue weighted by atomic mass is 9.96. The second-order valence-corrected chi connectivity index (χ2v) is 6.48. The van der Waals surface area contributed by atoms with Crippen molar-refractivity contribution in [2.75, 3.05) is 7.11 Å². The molecule has 4 heteroatoms. The van der Waals surface area contributed by atoms with E-state index >= 15 is 0 Å². The molecule has 2 aliphatic carbocycles. The molecule has 0 heterocycles. The van der Waals surface area contributed by atoms with Gasteiger partial charge in [0.2, 0.25) is 0 Å². The third-order valence-corrected chi connectivity index (χ3v) is 5.04. The molecule has 2 unspecified atom stereocenters. The lowest BCUT2D eigenvalue weighted by Crippen LogP contribution is -2.12. The van der Waals surface area contributed by atoms with Crippen LogP contribution < -0.4 is 9.47 Å². The maximum atomic E-state index is 11.1. The number of carbonyl (C=O) groups is 1. The highest BCUT2D eigenvalue weighted by molar-refractivity contribution is 5.70. The highest BCUT2D eigenvalue weighted by Crippen LogP contribution is 2.41. The molecule has 1 aromatic rings. The number of rotatable bonds is 5. The summed E-state index contributed by atoms with van der Waals surface area (Å²) in [5.41, 5.74) is 1.18. The first kappa shape index (κ1) is 15.2. The number of hydrogen-bond acceptors (Lipinski definition) is 3. The van der Waals surface area contributed by atoms with E-state index in [1.165, 1.54) is 18.4 Å². The van der Waals surface area contributed by atoms with Gasteiger partial charge in [0, 0.05) is 0 Å². The third-order valence-electron chi connectivity index (χ3n) is 5.04. The average molecular weight is 304 g/mol. The number of hydrogen-bond donors (Lipinski definition) is 1. The van der Waals surface area contributed by atoms with Crippen molar-refractivity contribution in [3.05, 3.63) is 23.8 Å². The lowest BCUT2D eigenvalue weighted by molar-refractivity contribution is -0.141. The topological polar surface area (TPSA) is 55.8 Å². The molecule has 0 aliphatic heterocycles. The molecule has 4 nitrogen and oxygen atoms in total. The minimum Gasteiger partial charge on any atom is -0.493 e. The normalized spacial score (nSPS) is 25.3. The van der Waals surface area contributed by atoms with Crippen molar-refractivity contribution in [1.29, 1.82) is 0 Å². The lowest BCUT2D eigenvalue weighted by Gasteiger charge is -2.18. The minimum atomic E-state index is -0.668. The Balaban J connectivity index is 1.76. The molecule has 1 N–H and O–H groups in total. The maximum Gasteiger partial charge on any atom is 0.306 e.